The molecule has 0 unspecified atom stereocenters. The number of nitrogen functional groups attached to an aromatic ring is 1. The Hall–Kier alpha value is -1.33. The first-order chi connectivity index (χ1) is 8.49. The van der Waals surface area contributed by atoms with Gasteiger partial charge in [0.1, 0.15) is 0 Å². The van der Waals surface area contributed by atoms with Gasteiger partial charge in [0.05, 0.1) is 10.6 Å². The molecule has 0 bridgehead atoms. The summed E-state index contributed by atoms with van der Waals surface area (Å²) in [6, 6.07) is 6.95. The SMILES string of the molecule is Cc1ccc(N)cc1S(=O)(=O)CCc1ccsc1. The lowest BCUT2D eigenvalue weighted by atomic mass is 10.2. The van der Waals surface area contributed by atoms with Crippen molar-refractivity contribution in [3.63, 3.8) is 0 Å². The smallest absolute Gasteiger partial charge is 0.179 e. The molecule has 1 heterocycles. The van der Waals surface area contributed by atoms with Gasteiger partial charge in [0, 0.05) is 5.69 Å². The maximum absolute atomic E-state index is 12.2. The number of hydrogen-bond donors (Lipinski definition) is 1. The highest BCUT2D eigenvalue weighted by molar-refractivity contribution is 7.91. The molecule has 3 nitrogen and oxygen atoms in total. The molecule has 0 saturated carbocycles. The molecule has 0 aliphatic carbocycles. The summed E-state index contributed by atoms with van der Waals surface area (Å²) in [6.45, 7) is 1.79. The molecular formula is C13H15NO2S2. The van der Waals surface area contributed by atoms with Crippen LogP contribution < -0.4 is 5.73 Å². The van der Waals surface area contributed by atoms with Crippen LogP contribution >= 0.6 is 11.3 Å². The topological polar surface area (TPSA) is 60.2 Å². The summed E-state index contributed by atoms with van der Waals surface area (Å²) in [5.41, 5.74) is 7.94. The molecule has 5 heteroatoms. The summed E-state index contributed by atoms with van der Waals surface area (Å²) in [7, 11) is -3.26. The van der Waals surface area contributed by atoms with E-state index in [1.165, 1.54) is 6.07 Å². The zero-order valence-electron chi connectivity index (χ0n) is 10.1. The maximum atomic E-state index is 12.2. The first-order valence-electron chi connectivity index (χ1n) is 5.59. The molecule has 0 fully saturated rings. The van der Waals surface area contributed by atoms with Crippen LogP contribution in [0.4, 0.5) is 5.69 Å². The van der Waals surface area contributed by atoms with Crippen molar-refractivity contribution in [3.05, 3.63) is 46.2 Å². The Balaban J connectivity index is 2.22. The van der Waals surface area contributed by atoms with E-state index >= 15 is 0 Å². The number of hydrogen-bond acceptors (Lipinski definition) is 4. The van der Waals surface area contributed by atoms with Gasteiger partial charge in [0.15, 0.2) is 9.84 Å². The Morgan fingerprint density at radius 2 is 2.06 bits per heavy atom. The van der Waals surface area contributed by atoms with Gasteiger partial charge >= 0.3 is 0 Å². The molecular weight excluding hydrogens is 266 g/mol. The van der Waals surface area contributed by atoms with Gasteiger partial charge in [0.25, 0.3) is 0 Å². The minimum absolute atomic E-state index is 0.119. The van der Waals surface area contributed by atoms with Crippen molar-refractivity contribution in [3.8, 4) is 0 Å². The van der Waals surface area contributed by atoms with E-state index in [9.17, 15) is 8.42 Å². The van der Waals surface area contributed by atoms with E-state index < -0.39 is 9.84 Å². The van der Waals surface area contributed by atoms with Crippen molar-refractivity contribution in [2.75, 3.05) is 11.5 Å². The second-order valence-electron chi connectivity index (χ2n) is 4.23. The third-order valence-electron chi connectivity index (χ3n) is 2.79. The summed E-state index contributed by atoms with van der Waals surface area (Å²) in [5, 5.41) is 3.93. The largest absolute Gasteiger partial charge is 0.399 e. The minimum Gasteiger partial charge on any atom is -0.399 e. The molecule has 0 aliphatic heterocycles. The predicted octanol–water partition coefficient (Wildman–Crippen LogP) is 2.66. The normalized spacial score (nSPS) is 11.6. The fourth-order valence-electron chi connectivity index (χ4n) is 1.75. The summed E-state index contributed by atoms with van der Waals surface area (Å²) in [5.74, 6) is 0.119. The highest BCUT2D eigenvalue weighted by Crippen LogP contribution is 2.20. The molecule has 2 aromatic rings. The van der Waals surface area contributed by atoms with E-state index in [1.807, 2.05) is 16.8 Å². The molecule has 18 heavy (non-hydrogen) atoms. The Labute approximate surface area is 111 Å². The van der Waals surface area contributed by atoms with E-state index in [1.54, 1.807) is 30.4 Å². The number of sulfone groups is 1. The second-order valence-corrected chi connectivity index (χ2v) is 7.08. The van der Waals surface area contributed by atoms with Crippen LogP contribution in [0.15, 0.2) is 39.9 Å². The number of anilines is 1. The number of thiophene rings is 1. The first kappa shape index (κ1) is 13.1. The molecule has 0 saturated heterocycles. The van der Waals surface area contributed by atoms with Crippen molar-refractivity contribution in [1.29, 1.82) is 0 Å². The summed E-state index contributed by atoms with van der Waals surface area (Å²) in [4.78, 5) is 0.345. The van der Waals surface area contributed by atoms with Crippen LogP contribution in [0.25, 0.3) is 0 Å². The number of nitrogens with two attached hydrogens (primary N) is 1. The minimum atomic E-state index is -3.26. The van der Waals surface area contributed by atoms with Gasteiger partial charge in [-0.25, -0.2) is 8.42 Å². The van der Waals surface area contributed by atoms with E-state index in [0.29, 0.717) is 17.0 Å². The van der Waals surface area contributed by atoms with Gasteiger partial charge < -0.3 is 5.73 Å². The Morgan fingerprint density at radius 1 is 1.28 bits per heavy atom. The van der Waals surface area contributed by atoms with Crippen molar-refractivity contribution in [1.82, 2.24) is 0 Å². The molecule has 1 aromatic carbocycles. The van der Waals surface area contributed by atoms with Gasteiger partial charge in [-0.1, -0.05) is 6.07 Å². The molecule has 1 aromatic heterocycles. The predicted molar refractivity (Wildman–Crippen MR) is 75.7 cm³/mol. The van der Waals surface area contributed by atoms with E-state index in [-0.39, 0.29) is 5.75 Å². The lowest BCUT2D eigenvalue weighted by Gasteiger charge is -2.08. The molecule has 2 rings (SSSR count). The van der Waals surface area contributed by atoms with Crippen LogP contribution in [0, 0.1) is 6.92 Å². The van der Waals surface area contributed by atoms with Crippen LogP contribution in [-0.2, 0) is 16.3 Å². The van der Waals surface area contributed by atoms with Gasteiger partial charge in [-0.05, 0) is 53.4 Å². The molecule has 0 atom stereocenters. The summed E-state index contributed by atoms with van der Waals surface area (Å²) >= 11 is 1.58. The monoisotopic (exact) mass is 281 g/mol. The van der Waals surface area contributed by atoms with E-state index in [0.717, 1.165) is 11.1 Å². The lowest BCUT2D eigenvalue weighted by molar-refractivity contribution is 0.595. The van der Waals surface area contributed by atoms with Gasteiger partial charge in [-0.2, -0.15) is 11.3 Å². The van der Waals surface area contributed by atoms with E-state index in [4.69, 9.17) is 5.73 Å². The fourth-order valence-corrected chi connectivity index (χ4v) is 4.05. The van der Waals surface area contributed by atoms with Crippen LogP contribution in [0.2, 0.25) is 0 Å². The van der Waals surface area contributed by atoms with Crippen LogP contribution in [-0.4, -0.2) is 14.2 Å². The molecule has 2 N–H and O–H groups in total. The Bertz CT molecular complexity index is 631. The van der Waals surface area contributed by atoms with Crippen LogP contribution in [0.1, 0.15) is 11.1 Å². The van der Waals surface area contributed by atoms with Crippen molar-refractivity contribution in [2.45, 2.75) is 18.2 Å². The number of benzene rings is 1. The standard InChI is InChI=1S/C13H15NO2S2/c1-10-2-3-12(14)8-13(10)18(15,16)7-5-11-4-6-17-9-11/h2-4,6,8-9H,5,7,14H2,1H3. The number of aryl methyl sites for hydroxylation is 2. The van der Waals surface area contributed by atoms with Gasteiger partial charge in [-0.3, -0.25) is 0 Å². The Kier molecular flexibility index (Phi) is 3.73. The fraction of sp³-hybridized carbons (Fsp3) is 0.231. The summed E-state index contributed by atoms with van der Waals surface area (Å²) in [6.07, 6.45) is 0.542. The van der Waals surface area contributed by atoms with Crippen molar-refractivity contribution < 1.29 is 8.42 Å². The first-order valence-corrected chi connectivity index (χ1v) is 8.18. The third kappa shape index (κ3) is 2.91. The zero-order chi connectivity index (χ0) is 13.2. The van der Waals surface area contributed by atoms with Crippen molar-refractivity contribution >= 4 is 26.9 Å². The van der Waals surface area contributed by atoms with Crippen molar-refractivity contribution in [2.24, 2.45) is 0 Å². The van der Waals surface area contributed by atoms with Crippen LogP contribution in [0.5, 0.6) is 0 Å². The highest BCUT2D eigenvalue weighted by Gasteiger charge is 2.17. The van der Waals surface area contributed by atoms with Crippen LogP contribution in [0.3, 0.4) is 0 Å². The average molecular weight is 281 g/mol. The lowest BCUT2D eigenvalue weighted by Crippen LogP contribution is -2.11. The van der Waals surface area contributed by atoms with E-state index in [2.05, 4.69) is 0 Å². The molecule has 0 aliphatic rings. The maximum Gasteiger partial charge on any atom is 0.179 e. The molecule has 0 amide bonds. The Morgan fingerprint density at radius 3 is 2.72 bits per heavy atom. The van der Waals surface area contributed by atoms with Gasteiger partial charge in [-0.15, -0.1) is 0 Å². The third-order valence-corrected chi connectivity index (χ3v) is 5.37. The quantitative estimate of drug-likeness (QED) is 0.876. The highest BCUT2D eigenvalue weighted by atomic mass is 32.2. The molecule has 0 radical (unpaired) electrons. The molecule has 0 spiro atoms. The summed E-state index contributed by atoms with van der Waals surface area (Å²) < 4.78 is 24.5. The average Bonchev–Trinajstić information content (AvgIpc) is 2.83. The molecule has 96 valence electrons. The number of rotatable bonds is 4. The van der Waals surface area contributed by atoms with Gasteiger partial charge in [0.2, 0.25) is 0 Å². The zero-order valence-corrected chi connectivity index (χ0v) is 11.7. The second kappa shape index (κ2) is 5.12.